The molecule has 0 aliphatic carbocycles. The van der Waals surface area contributed by atoms with E-state index in [4.69, 9.17) is 4.74 Å². The summed E-state index contributed by atoms with van der Waals surface area (Å²) in [6, 6.07) is 16.8. The molecule has 1 saturated heterocycles. The van der Waals surface area contributed by atoms with Gasteiger partial charge in [-0.05, 0) is 37.6 Å². The number of rotatable bonds is 6. The van der Waals surface area contributed by atoms with Crippen molar-refractivity contribution in [2.24, 2.45) is 4.99 Å². The van der Waals surface area contributed by atoms with Gasteiger partial charge in [-0.25, -0.2) is 4.98 Å². The minimum absolute atomic E-state index is 0.344. The fourth-order valence-electron chi connectivity index (χ4n) is 4.14. The second kappa shape index (κ2) is 9.07. The second-order valence-electron chi connectivity index (χ2n) is 7.55. The van der Waals surface area contributed by atoms with Gasteiger partial charge in [-0.1, -0.05) is 24.3 Å². The van der Waals surface area contributed by atoms with Crippen LogP contribution in [0.4, 0.5) is 5.69 Å². The summed E-state index contributed by atoms with van der Waals surface area (Å²) in [5, 5.41) is 7.02. The van der Waals surface area contributed by atoms with Crippen molar-refractivity contribution in [1.29, 1.82) is 0 Å². The van der Waals surface area contributed by atoms with Crippen molar-refractivity contribution >= 4 is 22.7 Å². The zero-order chi connectivity index (χ0) is 20.9. The molecule has 0 spiro atoms. The third-order valence-electron chi connectivity index (χ3n) is 5.65. The van der Waals surface area contributed by atoms with Crippen LogP contribution in [0.5, 0.6) is 5.75 Å². The van der Waals surface area contributed by atoms with Gasteiger partial charge in [0.1, 0.15) is 11.6 Å². The van der Waals surface area contributed by atoms with Gasteiger partial charge in [-0.3, -0.25) is 4.99 Å². The Morgan fingerprint density at radius 3 is 2.83 bits per heavy atom. The molecule has 1 atom stereocenters. The maximum Gasteiger partial charge on any atom is 0.191 e. The van der Waals surface area contributed by atoms with Gasteiger partial charge >= 0.3 is 0 Å². The number of hydrogen-bond acceptors (Lipinski definition) is 4. The summed E-state index contributed by atoms with van der Waals surface area (Å²) in [7, 11) is 3.54. The normalized spacial score (nSPS) is 16.8. The molecule has 1 aromatic heterocycles. The highest BCUT2D eigenvalue weighted by atomic mass is 16.5. The van der Waals surface area contributed by atoms with E-state index in [0.717, 1.165) is 61.3 Å². The summed E-state index contributed by atoms with van der Waals surface area (Å²) in [5.41, 5.74) is 3.36. The molecule has 2 heterocycles. The van der Waals surface area contributed by atoms with Crippen molar-refractivity contribution in [2.45, 2.75) is 25.9 Å². The minimum Gasteiger partial charge on any atom is -0.495 e. The van der Waals surface area contributed by atoms with Crippen LogP contribution in [0.25, 0.3) is 11.0 Å². The van der Waals surface area contributed by atoms with E-state index in [9.17, 15) is 0 Å². The first kappa shape index (κ1) is 20.1. The Bertz CT molecular complexity index is 1030. The Morgan fingerprint density at radius 1 is 1.20 bits per heavy atom. The van der Waals surface area contributed by atoms with Gasteiger partial charge in [-0.2, -0.15) is 0 Å². The molecule has 4 rings (SSSR count). The average molecular weight is 407 g/mol. The molecule has 0 bridgehead atoms. The number of hydrogen-bond donors (Lipinski definition) is 2. The number of aryl methyl sites for hydroxylation is 1. The van der Waals surface area contributed by atoms with Crippen LogP contribution >= 0.6 is 0 Å². The Morgan fingerprint density at radius 2 is 2.00 bits per heavy atom. The molecule has 158 valence electrons. The summed E-state index contributed by atoms with van der Waals surface area (Å²) in [5.74, 6) is 2.79. The number of nitrogens with zero attached hydrogens (tertiary/aromatic N) is 4. The van der Waals surface area contributed by atoms with Crippen LogP contribution in [0.3, 0.4) is 0 Å². The maximum absolute atomic E-state index is 5.52. The smallest absolute Gasteiger partial charge is 0.191 e. The Labute approximate surface area is 177 Å². The topological polar surface area (TPSA) is 66.7 Å². The number of para-hydroxylation sites is 4. The molecule has 1 aliphatic heterocycles. The number of guanidine groups is 1. The summed E-state index contributed by atoms with van der Waals surface area (Å²) in [4.78, 5) is 11.4. The molecular formula is C23H30N6O. The van der Waals surface area contributed by atoms with Crippen LogP contribution < -0.4 is 20.3 Å². The first-order valence-corrected chi connectivity index (χ1v) is 10.5. The molecule has 1 fully saturated rings. The van der Waals surface area contributed by atoms with Crippen LogP contribution in [-0.2, 0) is 6.54 Å². The summed E-state index contributed by atoms with van der Waals surface area (Å²) < 4.78 is 7.76. The lowest BCUT2D eigenvalue weighted by molar-refractivity contribution is 0.415. The van der Waals surface area contributed by atoms with Crippen molar-refractivity contribution in [1.82, 2.24) is 20.2 Å². The Hall–Kier alpha value is -3.22. The zero-order valence-corrected chi connectivity index (χ0v) is 17.9. The summed E-state index contributed by atoms with van der Waals surface area (Å²) in [6.45, 7) is 5.59. The molecule has 1 unspecified atom stereocenters. The molecule has 0 saturated carbocycles. The minimum atomic E-state index is 0.344. The van der Waals surface area contributed by atoms with Gasteiger partial charge in [0.05, 0.1) is 23.8 Å². The standard InChI is InChI=1S/C23H30N6O/c1-17-26-19-8-4-5-9-20(19)29(17)15-13-25-23(24-2)27-18-12-14-28(16-18)21-10-6-7-11-22(21)30-3/h4-11,18H,12-16H2,1-3H3,(H2,24,25,27). The van der Waals surface area contributed by atoms with E-state index in [-0.39, 0.29) is 0 Å². The number of imidazole rings is 1. The molecule has 2 N–H and O–H groups in total. The third-order valence-corrected chi connectivity index (χ3v) is 5.65. The van der Waals surface area contributed by atoms with Crippen molar-refractivity contribution in [3.8, 4) is 5.75 Å². The van der Waals surface area contributed by atoms with Crippen LogP contribution in [0.2, 0.25) is 0 Å². The number of aliphatic imine (C=N–C) groups is 1. The number of aromatic nitrogens is 2. The largest absolute Gasteiger partial charge is 0.495 e. The number of benzene rings is 2. The Balaban J connectivity index is 1.32. The summed E-state index contributed by atoms with van der Waals surface area (Å²) >= 11 is 0. The number of ether oxygens (including phenoxy) is 1. The van der Waals surface area contributed by atoms with Gasteiger partial charge in [-0.15, -0.1) is 0 Å². The van der Waals surface area contributed by atoms with Gasteiger partial charge in [0.2, 0.25) is 0 Å². The predicted molar refractivity (Wildman–Crippen MR) is 123 cm³/mol. The van der Waals surface area contributed by atoms with Crippen LogP contribution in [0.1, 0.15) is 12.2 Å². The van der Waals surface area contributed by atoms with E-state index in [1.807, 2.05) is 25.2 Å². The lowest BCUT2D eigenvalue weighted by Gasteiger charge is -2.22. The van der Waals surface area contributed by atoms with Gasteiger partial charge in [0.15, 0.2) is 5.96 Å². The summed E-state index contributed by atoms with van der Waals surface area (Å²) in [6.07, 6.45) is 1.06. The fourth-order valence-corrected chi connectivity index (χ4v) is 4.14. The van der Waals surface area contributed by atoms with Crippen LogP contribution in [0.15, 0.2) is 53.5 Å². The molecule has 0 amide bonds. The highest BCUT2D eigenvalue weighted by molar-refractivity contribution is 5.80. The van der Waals surface area contributed by atoms with Crippen molar-refractivity contribution in [3.63, 3.8) is 0 Å². The molecule has 1 aliphatic rings. The molecule has 0 radical (unpaired) electrons. The lowest BCUT2D eigenvalue weighted by Crippen LogP contribution is -2.45. The quantitative estimate of drug-likeness (QED) is 0.487. The molecule has 3 aromatic rings. The van der Waals surface area contributed by atoms with Crippen molar-refractivity contribution < 1.29 is 4.74 Å². The SMILES string of the molecule is CN=C(NCCn1c(C)nc2ccccc21)NC1CCN(c2ccccc2OC)C1. The zero-order valence-electron chi connectivity index (χ0n) is 17.9. The van der Waals surface area contributed by atoms with Gasteiger partial charge in [0, 0.05) is 39.3 Å². The van der Waals surface area contributed by atoms with E-state index in [0.29, 0.717) is 6.04 Å². The molecule has 2 aromatic carbocycles. The molecule has 7 nitrogen and oxygen atoms in total. The van der Waals surface area contributed by atoms with Gasteiger partial charge in [0.25, 0.3) is 0 Å². The molecular weight excluding hydrogens is 376 g/mol. The lowest BCUT2D eigenvalue weighted by atomic mass is 10.2. The molecule has 7 heteroatoms. The van der Waals surface area contributed by atoms with Crippen molar-refractivity contribution in [3.05, 3.63) is 54.4 Å². The first-order chi connectivity index (χ1) is 14.7. The van der Waals surface area contributed by atoms with E-state index < -0.39 is 0 Å². The Kier molecular flexibility index (Phi) is 6.07. The predicted octanol–water partition coefficient (Wildman–Crippen LogP) is 2.80. The number of anilines is 1. The first-order valence-electron chi connectivity index (χ1n) is 10.5. The number of methoxy groups -OCH3 is 1. The third kappa shape index (κ3) is 4.20. The van der Waals surface area contributed by atoms with Gasteiger partial charge < -0.3 is 24.8 Å². The van der Waals surface area contributed by atoms with E-state index in [1.165, 1.54) is 5.52 Å². The van der Waals surface area contributed by atoms with E-state index in [2.05, 4.69) is 67.3 Å². The monoisotopic (exact) mass is 406 g/mol. The highest BCUT2D eigenvalue weighted by Crippen LogP contribution is 2.30. The van der Waals surface area contributed by atoms with E-state index in [1.54, 1.807) is 7.11 Å². The van der Waals surface area contributed by atoms with Crippen molar-refractivity contribution in [2.75, 3.05) is 38.7 Å². The van der Waals surface area contributed by atoms with E-state index >= 15 is 0 Å². The average Bonchev–Trinajstić information content (AvgIpc) is 3.37. The number of fused-ring (bicyclic) bond motifs is 1. The van der Waals surface area contributed by atoms with Crippen LogP contribution in [-0.4, -0.2) is 55.3 Å². The highest BCUT2D eigenvalue weighted by Gasteiger charge is 2.25. The second-order valence-corrected chi connectivity index (χ2v) is 7.55. The molecule has 30 heavy (non-hydrogen) atoms. The fraction of sp³-hybridized carbons (Fsp3) is 0.391. The van der Waals surface area contributed by atoms with Crippen LogP contribution in [0, 0.1) is 6.92 Å². The maximum atomic E-state index is 5.52. The number of nitrogens with one attached hydrogen (secondary N) is 2.